The molecule has 2 atom stereocenters. The van der Waals surface area contributed by atoms with E-state index in [9.17, 15) is 9.59 Å². The monoisotopic (exact) mass is 262 g/mol. The molecular formula is C13H18N4O2. The lowest BCUT2D eigenvalue weighted by Gasteiger charge is -2.25. The molecule has 1 aromatic rings. The summed E-state index contributed by atoms with van der Waals surface area (Å²) < 4.78 is 0. The van der Waals surface area contributed by atoms with Gasteiger partial charge in [0.2, 0.25) is 11.8 Å². The third-order valence-corrected chi connectivity index (χ3v) is 3.14. The number of rotatable bonds is 3. The van der Waals surface area contributed by atoms with Crippen LogP contribution in [0, 0.1) is 0 Å². The molecule has 6 nitrogen and oxygen atoms in total. The maximum Gasteiger partial charge on any atom is 0.248 e. The SMILES string of the molecule is C[C@H](N)C(=O)N1CCC[C@@H]1C(=O)Nc1ccccn1. The van der Waals surface area contributed by atoms with Crippen molar-refractivity contribution in [2.24, 2.45) is 5.73 Å². The molecule has 0 aromatic carbocycles. The Balaban J connectivity index is 2.04. The Morgan fingerprint density at radius 3 is 2.95 bits per heavy atom. The summed E-state index contributed by atoms with van der Waals surface area (Å²) in [7, 11) is 0. The van der Waals surface area contributed by atoms with E-state index in [-0.39, 0.29) is 11.8 Å². The van der Waals surface area contributed by atoms with E-state index in [0.717, 1.165) is 6.42 Å². The van der Waals surface area contributed by atoms with Gasteiger partial charge < -0.3 is 16.0 Å². The molecule has 102 valence electrons. The van der Waals surface area contributed by atoms with Gasteiger partial charge in [0.05, 0.1) is 6.04 Å². The highest BCUT2D eigenvalue weighted by Gasteiger charge is 2.35. The van der Waals surface area contributed by atoms with Crippen molar-refractivity contribution < 1.29 is 9.59 Å². The summed E-state index contributed by atoms with van der Waals surface area (Å²) in [5.74, 6) is 0.108. The highest BCUT2D eigenvalue weighted by molar-refractivity contribution is 5.97. The second-order valence-electron chi connectivity index (χ2n) is 4.68. The Kier molecular flexibility index (Phi) is 4.11. The van der Waals surface area contributed by atoms with Crippen molar-refractivity contribution in [3.63, 3.8) is 0 Å². The van der Waals surface area contributed by atoms with Crippen molar-refractivity contribution >= 4 is 17.6 Å². The number of carbonyl (C=O) groups is 2. The van der Waals surface area contributed by atoms with Crippen LogP contribution in [0.5, 0.6) is 0 Å². The van der Waals surface area contributed by atoms with Crippen LogP contribution < -0.4 is 11.1 Å². The molecule has 1 aliphatic heterocycles. The van der Waals surface area contributed by atoms with E-state index in [0.29, 0.717) is 18.8 Å². The van der Waals surface area contributed by atoms with Crippen LogP contribution in [0.1, 0.15) is 19.8 Å². The van der Waals surface area contributed by atoms with Crippen LogP contribution in [0.25, 0.3) is 0 Å². The molecule has 0 spiro atoms. The highest BCUT2D eigenvalue weighted by atomic mass is 16.2. The van der Waals surface area contributed by atoms with Gasteiger partial charge in [-0.3, -0.25) is 9.59 Å². The quantitative estimate of drug-likeness (QED) is 0.823. The maximum absolute atomic E-state index is 12.2. The zero-order valence-corrected chi connectivity index (χ0v) is 10.9. The van der Waals surface area contributed by atoms with Crippen LogP contribution in [0.3, 0.4) is 0 Å². The minimum absolute atomic E-state index is 0.182. The molecule has 1 aromatic heterocycles. The minimum atomic E-state index is -0.580. The lowest BCUT2D eigenvalue weighted by molar-refractivity contribution is -0.137. The van der Waals surface area contributed by atoms with E-state index in [4.69, 9.17) is 5.73 Å². The van der Waals surface area contributed by atoms with E-state index in [1.54, 1.807) is 36.2 Å². The molecule has 0 bridgehead atoms. The van der Waals surface area contributed by atoms with Gasteiger partial charge in [-0.15, -0.1) is 0 Å². The molecule has 2 amide bonds. The van der Waals surface area contributed by atoms with Gasteiger partial charge in [0.25, 0.3) is 0 Å². The third kappa shape index (κ3) is 3.08. The van der Waals surface area contributed by atoms with Gasteiger partial charge in [-0.1, -0.05) is 6.07 Å². The van der Waals surface area contributed by atoms with Crippen LogP contribution in [0.2, 0.25) is 0 Å². The summed E-state index contributed by atoms with van der Waals surface area (Å²) in [5, 5.41) is 2.72. The smallest absolute Gasteiger partial charge is 0.248 e. The molecule has 0 saturated carbocycles. The maximum atomic E-state index is 12.2. The zero-order chi connectivity index (χ0) is 13.8. The van der Waals surface area contributed by atoms with Gasteiger partial charge in [-0.05, 0) is 31.9 Å². The van der Waals surface area contributed by atoms with Crippen LogP contribution in [-0.2, 0) is 9.59 Å². The summed E-state index contributed by atoms with van der Waals surface area (Å²) in [6, 6.07) is 4.26. The fraction of sp³-hybridized carbons (Fsp3) is 0.462. The number of nitrogens with one attached hydrogen (secondary N) is 1. The van der Waals surface area contributed by atoms with Gasteiger partial charge in [0.15, 0.2) is 0 Å². The largest absolute Gasteiger partial charge is 0.329 e. The summed E-state index contributed by atoms with van der Waals surface area (Å²) in [6.45, 7) is 2.22. The van der Waals surface area contributed by atoms with Crippen molar-refractivity contribution in [2.45, 2.75) is 31.8 Å². The fourth-order valence-electron chi connectivity index (χ4n) is 2.21. The van der Waals surface area contributed by atoms with Crippen molar-refractivity contribution in [3.05, 3.63) is 24.4 Å². The molecule has 2 heterocycles. The second kappa shape index (κ2) is 5.79. The van der Waals surface area contributed by atoms with Crippen molar-refractivity contribution in [1.29, 1.82) is 0 Å². The molecule has 6 heteroatoms. The second-order valence-corrected chi connectivity index (χ2v) is 4.68. The molecule has 2 rings (SSSR count). The van der Waals surface area contributed by atoms with Crippen molar-refractivity contribution in [1.82, 2.24) is 9.88 Å². The molecular weight excluding hydrogens is 244 g/mol. The first kappa shape index (κ1) is 13.5. The first-order valence-corrected chi connectivity index (χ1v) is 6.37. The summed E-state index contributed by atoms with van der Waals surface area (Å²) >= 11 is 0. The molecule has 0 aliphatic carbocycles. The first-order valence-electron chi connectivity index (χ1n) is 6.37. The van der Waals surface area contributed by atoms with Crippen LogP contribution in [0.4, 0.5) is 5.82 Å². The van der Waals surface area contributed by atoms with Gasteiger partial charge in [-0.25, -0.2) is 4.98 Å². The lowest BCUT2D eigenvalue weighted by Crippen LogP contribution is -2.48. The number of hydrogen-bond donors (Lipinski definition) is 2. The summed E-state index contributed by atoms with van der Waals surface area (Å²) in [6.07, 6.45) is 3.09. The fourth-order valence-corrected chi connectivity index (χ4v) is 2.21. The Hall–Kier alpha value is -1.95. The van der Waals surface area contributed by atoms with Crippen LogP contribution in [-0.4, -0.2) is 40.3 Å². The number of amides is 2. The number of hydrogen-bond acceptors (Lipinski definition) is 4. The Bertz CT molecular complexity index is 461. The molecule has 0 unspecified atom stereocenters. The number of aromatic nitrogens is 1. The Morgan fingerprint density at radius 1 is 1.53 bits per heavy atom. The summed E-state index contributed by atoms with van der Waals surface area (Å²) in [5.41, 5.74) is 5.60. The minimum Gasteiger partial charge on any atom is -0.329 e. The van der Waals surface area contributed by atoms with Crippen LogP contribution in [0.15, 0.2) is 24.4 Å². The molecule has 19 heavy (non-hydrogen) atoms. The van der Waals surface area contributed by atoms with E-state index < -0.39 is 12.1 Å². The highest BCUT2D eigenvalue weighted by Crippen LogP contribution is 2.19. The number of carbonyl (C=O) groups excluding carboxylic acids is 2. The average Bonchev–Trinajstić information content (AvgIpc) is 2.88. The normalized spacial score (nSPS) is 20.1. The van der Waals surface area contributed by atoms with E-state index in [1.165, 1.54) is 0 Å². The van der Waals surface area contributed by atoms with E-state index in [1.807, 2.05) is 0 Å². The predicted octanol–water partition coefficient (Wildman–Crippen LogP) is 0.358. The molecule has 3 N–H and O–H groups in total. The lowest BCUT2D eigenvalue weighted by atomic mass is 10.2. The number of nitrogens with zero attached hydrogens (tertiary/aromatic N) is 2. The zero-order valence-electron chi connectivity index (χ0n) is 10.9. The number of pyridine rings is 1. The van der Waals surface area contributed by atoms with E-state index >= 15 is 0 Å². The van der Waals surface area contributed by atoms with Crippen molar-refractivity contribution in [2.75, 3.05) is 11.9 Å². The molecule has 1 aliphatic rings. The van der Waals surface area contributed by atoms with Gasteiger partial charge in [0.1, 0.15) is 11.9 Å². The van der Waals surface area contributed by atoms with Gasteiger partial charge in [-0.2, -0.15) is 0 Å². The number of anilines is 1. The first-order chi connectivity index (χ1) is 9.09. The molecule has 0 radical (unpaired) electrons. The van der Waals surface area contributed by atoms with Gasteiger partial charge in [0, 0.05) is 12.7 Å². The number of nitrogens with two attached hydrogens (primary N) is 1. The van der Waals surface area contributed by atoms with Crippen molar-refractivity contribution in [3.8, 4) is 0 Å². The Labute approximate surface area is 112 Å². The molecule has 1 saturated heterocycles. The standard InChI is InChI=1S/C13H18N4O2/c1-9(14)13(19)17-8-4-5-10(17)12(18)16-11-6-2-3-7-15-11/h2-3,6-7,9-10H,4-5,8,14H2,1H3,(H,15,16,18)/t9-,10+/m0/s1. The predicted molar refractivity (Wildman–Crippen MR) is 71.3 cm³/mol. The van der Waals surface area contributed by atoms with Gasteiger partial charge >= 0.3 is 0 Å². The third-order valence-electron chi connectivity index (χ3n) is 3.14. The number of likely N-dealkylation sites (tertiary alicyclic amines) is 1. The Morgan fingerprint density at radius 2 is 2.32 bits per heavy atom. The summed E-state index contributed by atoms with van der Waals surface area (Å²) in [4.78, 5) is 29.7. The average molecular weight is 262 g/mol. The van der Waals surface area contributed by atoms with Crippen LogP contribution >= 0.6 is 0 Å². The van der Waals surface area contributed by atoms with E-state index in [2.05, 4.69) is 10.3 Å². The molecule has 1 fully saturated rings. The topological polar surface area (TPSA) is 88.3 Å².